The summed E-state index contributed by atoms with van der Waals surface area (Å²) in [6.07, 6.45) is 6.19. The molecule has 0 aromatic carbocycles. The minimum absolute atomic E-state index is 0.266. The molecule has 3 heteroatoms. The molecular weight excluding hydrogens is 178 g/mol. The summed E-state index contributed by atoms with van der Waals surface area (Å²) in [5.74, 6) is -0.0372. The van der Waals surface area contributed by atoms with Crippen molar-refractivity contribution in [2.45, 2.75) is 0 Å². The van der Waals surface area contributed by atoms with Crippen molar-refractivity contribution in [2.75, 3.05) is 0 Å². The van der Waals surface area contributed by atoms with Crippen LogP contribution in [0.2, 0.25) is 0 Å². The first-order valence-corrected chi connectivity index (χ1v) is 4.08. The van der Waals surface area contributed by atoms with Crippen LogP contribution in [-0.2, 0) is 0 Å². The summed E-state index contributed by atoms with van der Waals surface area (Å²) in [7, 11) is 0. The van der Waals surface area contributed by atoms with Crippen LogP contribution in [0, 0.1) is 0 Å². The van der Waals surface area contributed by atoms with Crippen molar-refractivity contribution >= 4 is 5.91 Å². The van der Waals surface area contributed by atoms with Gasteiger partial charge in [0.25, 0.3) is 5.91 Å². The molecule has 1 aromatic heterocycles. The van der Waals surface area contributed by atoms with Gasteiger partial charge in [0.2, 0.25) is 0 Å². The molecule has 1 amide bonds. The lowest BCUT2D eigenvalue weighted by atomic mass is 10.3. The van der Waals surface area contributed by atoms with Gasteiger partial charge < -0.3 is 9.73 Å². The highest BCUT2D eigenvalue weighted by atomic mass is 16.3. The van der Waals surface area contributed by atoms with Crippen molar-refractivity contribution in [3.63, 3.8) is 0 Å². The van der Waals surface area contributed by atoms with E-state index in [1.54, 1.807) is 24.3 Å². The van der Waals surface area contributed by atoms with E-state index in [1.165, 1.54) is 12.3 Å². The number of hydrogen-bond donors (Lipinski definition) is 1. The van der Waals surface area contributed by atoms with Crippen molar-refractivity contribution in [3.8, 4) is 0 Å². The van der Waals surface area contributed by atoms with E-state index < -0.39 is 0 Å². The lowest BCUT2D eigenvalue weighted by molar-refractivity contribution is 0.0940. The summed E-state index contributed by atoms with van der Waals surface area (Å²) in [4.78, 5) is 11.4. The van der Waals surface area contributed by atoms with E-state index in [0.717, 1.165) is 0 Å². The molecule has 0 aliphatic rings. The number of hydrogen-bond acceptors (Lipinski definition) is 2. The van der Waals surface area contributed by atoms with Gasteiger partial charge in [0.05, 0.1) is 6.26 Å². The largest absolute Gasteiger partial charge is 0.459 e. The summed E-state index contributed by atoms with van der Waals surface area (Å²) in [6.45, 7) is 7.07. The van der Waals surface area contributed by atoms with Crippen molar-refractivity contribution in [3.05, 3.63) is 61.2 Å². The lowest BCUT2D eigenvalue weighted by Gasteiger charge is -2.01. The molecule has 0 radical (unpaired) electrons. The van der Waals surface area contributed by atoms with Crippen LogP contribution in [0.3, 0.4) is 0 Å². The molecule has 0 spiro atoms. The van der Waals surface area contributed by atoms with Crippen molar-refractivity contribution in [1.82, 2.24) is 5.32 Å². The van der Waals surface area contributed by atoms with Crippen LogP contribution in [0.25, 0.3) is 0 Å². The van der Waals surface area contributed by atoms with Crippen LogP contribution < -0.4 is 5.32 Å². The summed E-state index contributed by atoms with van der Waals surface area (Å²) in [6, 6.07) is 3.24. The van der Waals surface area contributed by atoms with Crippen LogP contribution in [0.5, 0.6) is 0 Å². The minimum atomic E-state index is -0.303. The summed E-state index contributed by atoms with van der Waals surface area (Å²) >= 11 is 0. The monoisotopic (exact) mass is 189 g/mol. The average Bonchev–Trinajstić information content (AvgIpc) is 2.69. The molecule has 1 aromatic rings. The van der Waals surface area contributed by atoms with Gasteiger partial charge in [0, 0.05) is 5.70 Å². The predicted octanol–water partition coefficient (Wildman–Crippen LogP) is 2.27. The average molecular weight is 189 g/mol. The van der Waals surface area contributed by atoms with Crippen LogP contribution in [0.4, 0.5) is 0 Å². The summed E-state index contributed by atoms with van der Waals surface area (Å²) in [5, 5.41) is 2.61. The Morgan fingerprint density at radius 1 is 1.50 bits per heavy atom. The Labute approximate surface area is 82.4 Å². The van der Waals surface area contributed by atoms with E-state index in [-0.39, 0.29) is 11.7 Å². The van der Waals surface area contributed by atoms with Gasteiger partial charge in [-0.3, -0.25) is 4.79 Å². The van der Waals surface area contributed by atoms with E-state index >= 15 is 0 Å². The SMILES string of the molecule is C=C/C=C(\C=C)NC(=O)c1ccco1. The fourth-order valence-electron chi connectivity index (χ4n) is 0.888. The van der Waals surface area contributed by atoms with Crippen LogP contribution in [-0.4, -0.2) is 5.91 Å². The molecule has 0 saturated heterocycles. The Bertz CT molecular complexity index is 361. The fraction of sp³-hybridized carbons (Fsp3) is 0. The van der Waals surface area contributed by atoms with Crippen LogP contribution in [0.1, 0.15) is 10.6 Å². The number of furan rings is 1. The van der Waals surface area contributed by atoms with Gasteiger partial charge in [-0.15, -0.1) is 0 Å². The smallest absolute Gasteiger partial charge is 0.291 e. The van der Waals surface area contributed by atoms with Crippen molar-refractivity contribution in [1.29, 1.82) is 0 Å². The number of allylic oxidation sites excluding steroid dienone is 3. The lowest BCUT2D eigenvalue weighted by Crippen LogP contribution is -2.20. The molecule has 1 heterocycles. The summed E-state index contributed by atoms with van der Waals surface area (Å²) < 4.78 is 4.92. The Balaban J connectivity index is 2.69. The highest BCUT2D eigenvalue weighted by Gasteiger charge is 2.07. The minimum Gasteiger partial charge on any atom is -0.459 e. The number of carbonyl (C=O) groups is 1. The topological polar surface area (TPSA) is 42.2 Å². The molecule has 0 fully saturated rings. The molecule has 72 valence electrons. The molecule has 0 unspecified atom stereocenters. The zero-order chi connectivity index (χ0) is 10.4. The van der Waals surface area contributed by atoms with Gasteiger partial charge in [-0.1, -0.05) is 19.2 Å². The molecular formula is C11H11NO2. The van der Waals surface area contributed by atoms with Crippen molar-refractivity contribution < 1.29 is 9.21 Å². The molecule has 3 nitrogen and oxygen atoms in total. The van der Waals surface area contributed by atoms with E-state index in [9.17, 15) is 4.79 Å². The van der Waals surface area contributed by atoms with Gasteiger partial charge >= 0.3 is 0 Å². The predicted molar refractivity (Wildman–Crippen MR) is 54.7 cm³/mol. The first-order valence-electron chi connectivity index (χ1n) is 4.08. The second-order valence-corrected chi connectivity index (χ2v) is 2.49. The maximum Gasteiger partial charge on any atom is 0.291 e. The second kappa shape index (κ2) is 4.87. The number of amides is 1. The Morgan fingerprint density at radius 2 is 2.29 bits per heavy atom. The highest BCUT2D eigenvalue weighted by Crippen LogP contribution is 2.01. The third-order valence-corrected chi connectivity index (χ3v) is 1.52. The highest BCUT2D eigenvalue weighted by molar-refractivity contribution is 5.92. The van der Waals surface area contributed by atoms with Gasteiger partial charge in [0.1, 0.15) is 0 Å². The standard InChI is InChI=1S/C11H11NO2/c1-3-6-9(4-2)12-11(13)10-7-5-8-14-10/h3-8H,1-2H2,(H,12,13)/b9-6+. The number of nitrogens with one attached hydrogen (secondary N) is 1. The second-order valence-electron chi connectivity index (χ2n) is 2.49. The molecule has 0 aliphatic heterocycles. The molecule has 1 rings (SSSR count). The first-order chi connectivity index (χ1) is 6.77. The molecule has 0 bridgehead atoms. The molecule has 1 N–H and O–H groups in total. The molecule has 0 atom stereocenters. The zero-order valence-corrected chi connectivity index (χ0v) is 7.69. The number of carbonyl (C=O) groups excluding carboxylic acids is 1. The van der Waals surface area contributed by atoms with Gasteiger partial charge in [-0.2, -0.15) is 0 Å². The quantitative estimate of drug-likeness (QED) is 0.738. The molecule has 0 aliphatic carbocycles. The molecule has 14 heavy (non-hydrogen) atoms. The number of rotatable bonds is 4. The van der Waals surface area contributed by atoms with Gasteiger partial charge in [-0.05, 0) is 24.3 Å². The zero-order valence-electron chi connectivity index (χ0n) is 7.69. The Morgan fingerprint density at radius 3 is 2.79 bits per heavy atom. The van der Waals surface area contributed by atoms with Gasteiger partial charge in [0.15, 0.2) is 5.76 Å². The third-order valence-electron chi connectivity index (χ3n) is 1.52. The molecule has 0 saturated carbocycles. The van der Waals surface area contributed by atoms with E-state index in [2.05, 4.69) is 18.5 Å². The van der Waals surface area contributed by atoms with Crippen molar-refractivity contribution in [2.24, 2.45) is 0 Å². The fourth-order valence-corrected chi connectivity index (χ4v) is 0.888. The summed E-state index contributed by atoms with van der Waals surface area (Å²) in [5.41, 5.74) is 0.585. The third kappa shape index (κ3) is 2.48. The Hall–Kier alpha value is -2.03. The first kappa shape index (κ1) is 10.1. The van der Waals surface area contributed by atoms with E-state index in [0.29, 0.717) is 5.70 Å². The maximum atomic E-state index is 11.4. The van der Waals surface area contributed by atoms with E-state index in [1.807, 2.05) is 0 Å². The van der Waals surface area contributed by atoms with E-state index in [4.69, 9.17) is 4.42 Å². The normalized spacial score (nSPS) is 10.7. The van der Waals surface area contributed by atoms with Crippen LogP contribution >= 0.6 is 0 Å². The Kier molecular flexibility index (Phi) is 3.49. The van der Waals surface area contributed by atoms with Gasteiger partial charge in [-0.25, -0.2) is 0 Å². The van der Waals surface area contributed by atoms with Crippen LogP contribution in [0.15, 0.2) is 59.9 Å². The maximum absolute atomic E-state index is 11.4.